The number of rotatable bonds is 11. The topological polar surface area (TPSA) is 99.5 Å². The Hall–Kier alpha value is -4.15. The van der Waals surface area contributed by atoms with Crippen molar-refractivity contribution in [1.82, 2.24) is 14.8 Å². The van der Waals surface area contributed by atoms with Crippen LogP contribution in [0, 0.1) is 0 Å². The van der Waals surface area contributed by atoms with E-state index in [1.165, 1.54) is 0 Å². The molecule has 3 aromatic carbocycles. The number of carbonyl (C=O) groups is 1. The molecule has 5 rings (SSSR count). The van der Waals surface area contributed by atoms with Crippen LogP contribution in [0.25, 0.3) is 0 Å². The lowest BCUT2D eigenvalue weighted by Crippen LogP contribution is -2.31. The molecule has 0 saturated heterocycles. The van der Waals surface area contributed by atoms with Crippen LogP contribution in [0.2, 0.25) is 5.02 Å². The molecule has 11 heteroatoms. The summed E-state index contributed by atoms with van der Waals surface area (Å²) >= 11 is 7.89. The smallest absolute Gasteiger partial charge is 0.255 e. The number of carbonyl (C=O) groups excluding carboxylic acids is 1. The Bertz CT molecular complexity index is 1620. The fraction of sp³-hybridized carbons (Fsp3) is 0.258. The molecule has 1 unspecified atom stereocenters. The first kappa shape index (κ1) is 29.3. The van der Waals surface area contributed by atoms with Crippen LogP contribution in [0.15, 0.2) is 83.2 Å². The number of halogens is 1. The summed E-state index contributed by atoms with van der Waals surface area (Å²) in [5.41, 5.74) is 3.35. The minimum Gasteiger partial charge on any atom is -0.495 e. The van der Waals surface area contributed by atoms with Gasteiger partial charge in [-0.15, -0.1) is 5.10 Å². The van der Waals surface area contributed by atoms with Gasteiger partial charge in [-0.1, -0.05) is 66.7 Å². The van der Waals surface area contributed by atoms with Gasteiger partial charge in [0.25, 0.3) is 5.91 Å². The van der Waals surface area contributed by atoms with Crippen molar-refractivity contribution >= 4 is 40.9 Å². The molecule has 218 valence electrons. The monoisotopic (exact) mass is 605 g/mol. The minimum atomic E-state index is -0.592. The van der Waals surface area contributed by atoms with E-state index in [0.29, 0.717) is 50.3 Å². The van der Waals surface area contributed by atoms with Crippen LogP contribution in [0.1, 0.15) is 37.4 Å². The number of methoxy groups -OCH3 is 2. The first-order chi connectivity index (χ1) is 20.4. The molecular formula is C31H32ClN5O4S. The maximum Gasteiger partial charge on any atom is 0.255 e. The maximum atomic E-state index is 13.9. The number of thioether (sulfide) groups is 1. The summed E-state index contributed by atoms with van der Waals surface area (Å²) in [4.78, 5) is 18.6. The van der Waals surface area contributed by atoms with Gasteiger partial charge in [0.2, 0.25) is 11.1 Å². The summed E-state index contributed by atoms with van der Waals surface area (Å²) in [5.74, 6) is 2.77. The highest BCUT2D eigenvalue weighted by Crippen LogP contribution is 2.40. The Kier molecular flexibility index (Phi) is 9.24. The number of para-hydroxylation sites is 2. The molecule has 2 N–H and O–H groups in total. The zero-order chi connectivity index (χ0) is 29.6. The Labute approximate surface area is 254 Å². The number of fused-ring (bicyclic) bond motifs is 1. The number of anilines is 2. The van der Waals surface area contributed by atoms with Crippen molar-refractivity contribution in [1.29, 1.82) is 0 Å². The third kappa shape index (κ3) is 6.19. The van der Waals surface area contributed by atoms with E-state index in [-0.39, 0.29) is 12.5 Å². The van der Waals surface area contributed by atoms with Crippen LogP contribution in [-0.2, 0) is 11.4 Å². The lowest BCUT2D eigenvalue weighted by molar-refractivity contribution is -0.113. The van der Waals surface area contributed by atoms with E-state index in [1.54, 1.807) is 42.8 Å². The first-order valence-corrected chi connectivity index (χ1v) is 14.9. The van der Waals surface area contributed by atoms with Gasteiger partial charge in [0.15, 0.2) is 11.5 Å². The Morgan fingerprint density at radius 1 is 1.05 bits per heavy atom. The van der Waals surface area contributed by atoms with Gasteiger partial charge in [-0.25, -0.2) is 4.68 Å². The molecule has 0 aliphatic carbocycles. The summed E-state index contributed by atoms with van der Waals surface area (Å²) in [6.45, 7) is 4.25. The summed E-state index contributed by atoms with van der Waals surface area (Å²) in [5, 5.41) is 12.4. The standard InChI is InChI=1S/C31H32ClN5O4S/c1-5-16-42-31-35-30-33-19(2)27(29(38)34-23-12-8-9-13-24(23)39-3)28(37(30)36-31)20-14-15-25(26(17-20)40-4)41-18-21-10-6-7-11-22(21)32/h6-15,17,28H,5,16,18H2,1-4H3,(H,34,38)(H,33,35,36). The average Bonchev–Trinajstić information content (AvgIpc) is 3.41. The normalized spacial score (nSPS) is 14.2. The van der Waals surface area contributed by atoms with Crippen molar-refractivity contribution in [2.75, 3.05) is 30.6 Å². The summed E-state index contributed by atoms with van der Waals surface area (Å²) < 4.78 is 19.0. The molecule has 0 saturated carbocycles. The molecule has 0 fully saturated rings. The SMILES string of the molecule is CCCSc1nc2n(n1)C(c1ccc(OCc3ccccc3Cl)c(OC)c1)C(C(=O)Nc1ccccc1OC)=C(C)N2. The van der Waals surface area contributed by atoms with E-state index < -0.39 is 6.04 Å². The molecule has 0 spiro atoms. The second kappa shape index (κ2) is 13.2. The van der Waals surface area contributed by atoms with Crippen LogP contribution in [-0.4, -0.2) is 40.6 Å². The fourth-order valence-electron chi connectivity index (χ4n) is 4.67. The van der Waals surface area contributed by atoms with Gasteiger partial charge in [-0.2, -0.15) is 4.98 Å². The van der Waals surface area contributed by atoms with E-state index in [1.807, 2.05) is 61.5 Å². The number of allylic oxidation sites excluding steroid dienone is 1. The van der Waals surface area contributed by atoms with Crippen LogP contribution in [0.3, 0.4) is 0 Å². The maximum absolute atomic E-state index is 13.9. The van der Waals surface area contributed by atoms with Crippen molar-refractivity contribution in [3.63, 3.8) is 0 Å². The van der Waals surface area contributed by atoms with Gasteiger partial charge in [0.05, 0.1) is 25.5 Å². The number of hydrogen-bond acceptors (Lipinski definition) is 8. The molecule has 1 amide bonds. The summed E-state index contributed by atoms with van der Waals surface area (Å²) in [6.07, 6.45) is 0.988. The lowest BCUT2D eigenvalue weighted by atomic mass is 9.94. The zero-order valence-electron chi connectivity index (χ0n) is 23.8. The molecule has 2 heterocycles. The number of nitrogens with one attached hydrogen (secondary N) is 2. The number of hydrogen-bond donors (Lipinski definition) is 2. The lowest BCUT2D eigenvalue weighted by Gasteiger charge is -2.29. The Morgan fingerprint density at radius 2 is 1.81 bits per heavy atom. The van der Waals surface area contributed by atoms with E-state index in [9.17, 15) is 4.79 Å². The molecule has 9 nitrogen and oxygen atoms in total. The van der Waals surface area contributed by atoms with E-state index in [4.69, 9.17) is 35.9 Å². The third-order valence-electron chi connectivity index (χ3n) is 6.71. The predicted molar refractivity (Wildman–Crippen MR) is 166 cm³/mol. The van der Waals surface area contributed by atoms with Gasteiger partial charge in [0.1, 0.15) is 18.4 Å². The molecule has 0 bridgehead atoms. The molecule has 1 aliphatic rings. The van der Waals surface area contributed by atoms with Gasteiger partial charge >= 0.3 is 0 Å². The average molecular weight is 606 g/mol. The van der Waals surface area contributed by atoms with Crippen molar-refractivity contribution in [3.8, 4) is 17.2 Å². The van der Waals surface area contributed by atoms with Crippen LogP contribution in [0.5, 0.6) is 17.2 Å². The number of aromatic nitrogens is 3. The molecule has 4 aromatic rings. The van der Waals surface area contributed by atoms with Crippen molar-refractivity contribution in [2.45, 2.75) is 38.1 Å². The second-order valence-corrected chi connectivity index (χ2v) is 11.0. The highest BCUT2D eigenvalue weighted by molar-refractivity contribution is 7.99. The highest BCUT2D eigenvalue weighted by atomic mass is 35.5. The Balaban J connectivity index is 1.52. The van der Waals surface area contributed by atoms with Crippen LogP contribution >= 0.6 is 23.4 Å². The van der Waals surface area contributed by atoms with E-state index >= 15 is 0 Å². The molecular weight excluding hydrogens is 574 g/mol. The first-order valence-electron chi connectivity index (χ1n) is 13.5. The fourth-order valence-corrected chi connectivity index (χ4v) is 5.54. The molecule has 1 aliphatic heterocycles. The van der Waals surface area contributed by atoms with Crippen molar-refractivity contribution in [3.05, 3.63) is 94.1 Å². The third-order valence-corrected chi connectivity index (χ3v) is 8.12. The summed E-state index contributed by atoms with van der Waals surface area (Å²) in [7, 11) is 3.15. The quantitative estimate of drug-likeness (QED) is 0.177. The van der Waals surface area contributed by atoms with Crippen LogP contribution < -0.4 is 24.8 Å². The second-order valence-electron chi connectivity index (χ2n) is 9.52. The van der Waals surface area contributed by atoms with Crippen molar-refractivity contribution < 1.29 is 19.0 Å². The molecule has 1 aromatic heterocycles. The van der Waals surface area contributed by atoms with Crippen LogP contribution in [0.4, 0.5) is 11.6 Å². The number of nitrogens with zero attached hydrogens (tertiary/aromatic N) is 3. The summed E-state index contributed by atoms with van der Waals surface area (Å²) in [6, 6.07) is 19.8. The largest absolute Gasteiger partial charge is 0.495 e. The van der Waals surface area contributed by atoms with Crippen molar-refractivity contribution in [2.24, 2.45) is 0 Å². The molecule has 42 heavy (non-hydrogen) atoms. The van der Waals surface area contributed by atoms with Gasteiger partial charge < -0.3 is 24.8 Å². The molecule has 0 radical (unpaired) electrons. The zero-order valence-corrected chi connectivity index (χ0v) is 25.4. The molecule has 1 atom stereocenters. The van der Waals surface area contributed by atoms with E-state index in [0.717, 1.165) is 23.3 Å². The number of amides is 1. The Morgan fingerprint density at radius 3 is 2.57 bits per heavy atom. The highest BCUT2D eigenvalue weighted by Gasteiger charge is 2.35. The van der Waals surface area contributed by atoms with Gasteiger partial charge in [-0.3, -0.25) is 4.79 Å². The van der Waals surface area contributed by atoms with Gasteiger partial charge in [-0.05, 0) is 49.2 Å². The van der Waals surface area contributed by atoms with E-state index in [2.05, 4.69) is 17.6 Å². The number of ether oxygens (including phenoxy) is 3. The number of benzene rings is 3. The van der Waals surface area contributed by atoms with Gasteiger partial charge in [0, 0.05) is 22.0 Å². The predicted octanol–water partition coefficient (Wildman–Crippen LogP) is 6.96. The minimum absolute atomic E-state index is 0.277.